The molecule has 1 aliphatic carbocycles. The number of carbonyl (C=O) groups is 1. The van der Waals surface area contributed by atoms with E-state index in [1.165, 1.54) is 24.4 Å². The minimum Gasteiger partial charge on any atom is -0.508 e. The molecule has 1 aliphatic rings. The monoisotopic (exact) mass is 365 g/mol. The van der Waals surface area contributed by atoms with Crippen molar-refractivity contribution in [3.8, 4) is 11.5 Å². The number of hydrazone groups is 1. The molecule has 0 heterocycles. The maximum absolute atomic E-state index is 9.34. The largest absolute Gasteiger partial charge is 0.508 e. The minimum atomic E-state index is 0.0880. The summed E-state index contributed by atoms with van der Waals surface area (Å²) in [6, 6.07) is 5.85. The van der Waals surface area contributed by atoms with Gasteiger partial charge in [-0.2, -0.15) is 5.10 Å². The molecular formula is C18H24ClN3O3. The van der Waals surface area contributed by atoms with Gasteiger partial charge >= 0.3 is 0 Å². The molecule has 25 heavy (non-hydrogen) atoms. The number of phenols is 2. The van der Waals surface area contributed by atoms with Crippen LogP contribution in [0.15, 0.2) is 64.4 Å². The molecule has 0 bridgehead atoms. The fourth-order valence-corrected chi connectivity index (χ4v) is 1.69. The molecule has 0 fully saturated rings. The number of nitrogens with zero attached hydrogens (tertiary/aromatic N) is 1. The molecule has 0 radical (unpaired) electrons. The Labute approximate surface area is 153 Å². The Morgan fingerprint density at radius 1 is 1.24 bits per heavy atom. The number of hydrogen-bond acceptors (Lipinski definition) is 5. The molecule has 0 atom stereocenters. The number of aromatic hydroxyl groups is 2. The summed E-state index contributed by atoms with van der Waals surface area (Å²) in [6.45, 7) is 4.75. The Hall–Kier alpha value is -2.73. The van der Waals surface area contributed by atoms with Gasteiger partial charge in [0.1, 0.15) is 11.5 Å². The van der Waals surface area contributed by atoms with Gasteiger partial charge < -0.3 is 15.5 Å². The lowest BCUT2D eigenvalue weighted by molar-refractivity contribution is -0.109. The van der Waals surface area contributed by atoms with Crippen molar-refractivity contribution in [2.45, 2.75) is 20.3 Å². The predicted molar refractivity (Wildman–Crippen MR) is 103 cm³/mol. The molecule has 0 saturated carbocycles. The lowest BCUT2D eigenvalue weighted by atomic mass is 10.3. The molecule has 6 nitrogen and oxygen atoms in total. The average molecular weight is 366 g/mol. The van der Waals surface area contributed by atoms with Crippen LogP contribution in [0.1, 0.15) is 20.3 Å². The number of benzene rings is 1. The second-order valence-corrected chi connectivity index (χ2v) is 4.94. The molecular weight excluding hydrogens is 342 g/mol. The molecule has 0 unspecified atom stereocenters. The second-order valence-electron chi connectivity index (χ2n) is 4.50. The molecule has 0 aromatic heterocycles. The van der Waals surface area contributed by atoms with Gasteiger partial charge in [0.25, 0.3) is 0 Å². The van der Waals surface area contributed by atoms with Crippen LogP contribution >= 0.6 is 11.6 Å². The quantitative estimate of drug-likeness (QED) is 0.373. The number of allylic oxidation sites excluding steroid dienone is 5. The van der Waals surface area contributed by atoms with Crippen molar-refractivity contribution in [1.29, 1.82) is 0 Å². The average Bonchev–Trinajstić information content (AvgIpc) is 2.79. The summed E-state index contributed by atoms with van der Waals surface area (Å²) >= 11 is 5.80. The highest BCUT2D eigenvalue weighted by Gasteiger charge is 1.93. The first-order chi connectivity index (χ1) is 12.0. The Balaban J connectivity index is 0.000000365. The van der Waals surface area contributed by atoms with Gasteiger partial charge in [-0.25, -0.2) is 0 Å². The Bertz CT molecular complexity index is 608. The van der Waals surface area contributed by atoms with E-state index in [9.17, 15) is 4.79 Å². The summed E-state index contributed by atoms with van der Waals surface area (Å²) in [4.78, 5) is 9.34. The Morgan fingerprint density at radius 3 is 2.36 bits per heavy atom. The first kappa shape index (κ1) is 22.3. The summed E-state index contributed by atoms with van der Waals surface area (Å²) in [5.74, 6) is 0.176. The highest BCUT2D eigenvalue weighted by Crippen LogP contribution is 2.14. The van der Waals surface area contributed by atoms with Crippen molar-refractivity contribution in [1.82, 2.24) is 10.7 Å². The molecule has 0 spiro atoms. The third-order valence-electron chi connectivity index (χ3n) is 2.54. The summed E-state index contributed by atoms with van der Waals surface area (Å²) in [5.41, 5.74) is 3.24. The van der Waals surface area contributed by atoms with Crippen molar-refractivity contribution in [3.63, 3.8) is 0 Å². The van der Waals surface area contributed by atoms with Gasteiger partial charge in [-0.05, 0) is 44.6 Å². The molecule has 7 heteroatoms. The number of amides is 1. The zero-order valence-electron chi connectivity index (χ0n) is 14.3. The van der Waals surface area contributed by atoms with E-state index in [2.05, 4.69) is 28.8 Å². The second kappa shape index (κ2) is 14.8. The molecule has 1 aromatic rings. The van der Waals surface area contributed by atoms with Gasteiger partial charge in [-0.1, -0.05) is 29.8 Å². The summed E-state index contributed by atoms with van der Waals surface area (Å²) in [6.07, 6.45) is 10.9. The smallest absolute Gasteiger partial charge is 0.227 e. The van der Waals surface area contributed by atoms with Crippen molar-refractivity contribution in [2.24, 2.45) is 5.10 Å². The molecule has 136 valence electrons. The third kappa shape index (κ3) is 13.4. The van der Waals surface area contributed by atoms with Crippen LogP contribution in [0.3, 0.4) is 0 Å². The fourth-order valence-electron chi connectivity index (χ4n) is 1.54. The van der Waals surface area contributed by atoms with Crippen LogP contribution in [0.5, 0.6) is 11.5 Å². The molecule has 0 saturated heterocycles. The zero-order chi connectivity index (χ0) is 18.9. The zero-order valence-corrected chi connectivity index (χ0v) is 15.1. The maximum atomic E-state index is 9.34. The van der Waals surface area contributed by atoms with Gasteiger partial charge in [0.15, 0.2) is 0 Å². The van der Waals surface area contributed by atoms with E-state index < -0.39 is 0 Å². The van der Waals surface area contributed by atoms with E-state index in [0.717, 1.165) is 23.7 Å². The van der Waals surface area contributed by atoms with Crippen LogP contribution < -0.4 is 10.7 Å². The fraction of sp³-hybridized carbons (Fsp3) is 0.222. The first-order valence-electron chi connectivity index (χ1n) is 7.66. The van der Waals surface area contributed by atoms with Gasteiger partial charge in [0, 0.05) is 29.6 Å². The number of halogens is 1. The van der Waals surface area contributed by atoms with E-state index in [1.54, 1.807) is 13.0 Å². The number of phenolic OH excluding ortho intramolecular Hbond substituents is 2. The van der Waals surface area contributed by atoms with E-state index in [4.69, 9.17) is 21.8 Å². The van der Waals surface area contributed by atoms with Crippen molar-refractivity contribution < 1.29 is 15.0 Å². The maximum Gasteiger partial charge on any atom is 0.227 e. The first-order valence-corrected chi connectivity index (χ1v) is 8.03. The number of hydrogen-bond donors (Lipinski definition) is 4. The molecule has 2 rings (SSSR count). The summed E-state index contributed by atoms with van der Waals surface area (Å²) in [7, 11) is 0. The van der Waals surface area contributed by atoms with Gasteiger partial charge in [-0.3, -0.25) is 10.2 Å². The van der Waals surface area contributed by atoms with Crippen LogP contribution in [-0.4, -0.2) is 29.4 Å². The van der Waals surface area contributed by atoms with Gasteiger partial charge in [0.05, 0.1) is 0 Å². The summed E-state index contributed by atoms with van der Waals surface area (Å²) < 4.78 is 0. The van der Waals surface area contributed by atoms with Crippen molar-refractivity contribution in [2.75, 3.05) is 6.54 Å². The highest BCUT2D eigenvalue weighted by atomic mass is 35.5. The Morgan fingerprint density at radius 2 is 1.92 bits per heavy atom. The van der Waals surface area contributed by atoms with Crippen LogP contribution in [0.4, 0.5) is 0 Å². The minimum absolute atomic E-state index is 0.0880. The van der Waals surface area contributed by atoms with Gasteiger partial charge in [0.2, 0.25) is 6.41 Å². The van der Waals surface area contributed by atoms with Crippen LogP contribution in [-0.2, 0) is 4.79 Å². The standard InChI is InChI=1S/C9H12ClN.C6H6O2.C3H6N2O/c1-2-11-9-5-3-4-8(10)6-7-9;7-5-2-1-3-6(8)4-5;1-2-4-5-3-6/h4-7,11H,2-3H2,1H3;1-4,7-8H;2-3H,1H3,(H,5,6)/b;;4-2+. The summed E-state index contributed by atoms with van der Waals surface area (Å²) in [5, 5.41) is 24.7. The molecule has 0 aliphatic heterocycles. The molecule has 4 N–H and O–H groups in total. The van der Waals surface area contributed by atoms with E-state index >= 15 is 0 Å². The van der Waals surface area contributed by atoms with Gasteiger partial charge in [-0.15, -0.1) is 0 Å². The number of rotatable bonds is 4. The van der Waals surface area contributed by atoms with E-state index in [0.29, 0.717) is 6.41 Å². The third-order valence-corrected chi connectivity index (χ3v) is 2.82. The number of nitrogens with one attached hydrogen (secondary N) is 2. The topological polar surface area (TPSA) is 94.0 Å². The predicted octanol–water partition coefficient (Wildman–Crippen LogP) is 3.40. The number of carbonyl (C=O) groups excluding carboxylic acids is 1. The van der Waals surface area contributed by atoms with Crippen LogP contribution in [0, 0.1) is 0 Å². The molecule has 1 amide bonds. The number of likely N-dealkylation sites (N-methyl/N-ethyl adjacent to an activating group) is 1. The highest BCUT2D eigenvalue weighted by molar-refractivity contribution is 6.31. The lowest BCUT2D eigenvalue weighted by Crippen LogP contribution is -2.09. The van der Waals surface area contributed by atoms with Crippen LogP contribution in [0.25, 0.3) is 0 Å². The van der Waals surface area contributed by atoms with E-state index in [-0.39, 0.29) is 11.5 Å². The molecule has 1 aromatic carbocycles. The van der Waals surface area contributed by atoms with Crippen molar-refractivity contribution >= 4 is 24.2 Å². The van der Waals surface area contributed by atoms with Crippen LogP contribution in [0.2, 0.25) is 0 Å². The SMILES string of the molecule is C/C=N/NC=O.CCNC1=CCC=C(Cl)C=C1.Oc1cccc(O)c1. The Kier molecular flexibility index (Phi) is 13.2. The van der Waals surface area contributed by atoms with Crippen molar-refractivity contribution in [3.05, 3.63) is 59.3 Å². The van der Waals surface area contributed by atoms with E-state index in [1.807, 2.05) is 18.2 Å². The normalized spacial score (nSPS) is 12.4. The lowest BCUT2D eigenvalue weighted by Gasteiger charge is -2.00.